The van der Waals surface area contributed by atoms with E-state index in [2.05, 4.69) is 4.74 Å². The number of aromatic nitrogens is 1. The molecule has 0 bridgehead atoms. The van der Waals surface area contributed by atoms with Crippen molar-refractivity contribution in [1.29, 1.82) is 0 Å². The Balaban J connectivity index is 1.79. The number of hydrogen-bond acceptors (Lipinski definition) is 5. The van der Waals surface area contributed by atoms with Crippen LogP contribution < -0.4 is 4.74 Å². The van der Waals surface area contributed by atoms with Gasteiger partial charge in [-0.3, -0.25) is 4.79 Å². The quantitative estimate of drug-likeness (QED) is 0.430. The fraction of sp³-hybridized carbons (Fsp3) is 0.217. The summed E-state index contributed by atoms with van der Waals surface area (Å²) in [6, 6.07) is 13.3. The van der Waals surface area contributed by atoms with Crippen molar-refractivity contribution < 1.29 is 33.0 Å². The highest BCUT2D eigenvalue weighted by atomic mass is 19.3. The highest BCUT2D eigenvalue weighted by molar-refractivity contribution is 6.02. The molecule has 31 heavy (non-hydrogen) atoms. The first-order chi connectivity index (χ1) is 14.7. The van der Waals surface area contributed by atoms with Gasteiger partial charge in [-0.1, -0.05) is 0 Å². The van der Waals surface area contributed by atoms with Gasteiger partial charge in [0.05, 0.1) is 5.56 Å². The second-order valence-corrected chi connectivity index (χ2v) is 6.95. The summed E-state index contributed by atoms with van der Waals surface area (Å²) in [6.07, 6.45) is -1.03. The van der Waals surface area contributed by atoms with Crippen molar-refractivity contribution in [1.82, 2.24) is 4.57 Å². The van der Waals surface area contributed by atoms with Crippen molar-refractivity contribution in [2.24, 2.45) is 0 Å². The Morgan fingerprint density at radius 2 is 1.61 bits per heavy atom. The predicted octanol–water partition coefficient (Wildman–Crippen LogP) is 4.83. The lowest BCUT2D eigenvalue weighted by atomic mass is 10.1. The van der Waals surface area contributed by atoms with Crippen LogP contribution in [-0.4, -0.2) is 34.1 Å². The maximum absolute atomic E-state index is 12.9. The van der Waals surface area contributed by atoms with Crippen molar-refractivity contribution in [3.63, 3.8) is 0 Å². The number of ketones is 1. The van der Waals surface area contributed by atoms with Crippen LogP contribution in [0.4, 0.5) is 8.78 Å². The number of alkyl halides is 2. The molecule has 1 unspecified atom stereocenters. The molecule has 8 heteroatoms. The van der Waals surface area contributed by atoms with Crippen LogP contribution in [0.1, 0.15) is 39.0 Å². The Kier molecular flexibility index (Phi) is 6.39. The molecular formula is C23H21F2NO5. The SMILES string of the molecule is Cc1cc(C(=O)C(C)OC(=O)c2ccc(O)cc2)c(C)n1-c1ccc(OC(F)F)cc1. The number of phenols is 1. The molecule has 1 atom stereocenters. The predicted molar refractivity (Wildman–Crippen MR) is 109 cm³/mol. The molecule has 0 fully saturated rings. The number of rotatable bonds is 7. The molecule has 1 heterocycles. The third kappa shape index (κ3) is 4.91. The molecule has 0 aliphatic carbocycles. The smallest absolute Gasteiger partial charge is 0.387 e. The number of Topliss-reactive ketones (excluding diaryl/α,β-unsaturated/α-hetero) is 1. The molecule has 3 rings (SSSR count). The van der Waals surface area contributed by atoms with Gasteiger partial charge >= 0.3 is 12.6 Å². The van der Waals surface area contributed by atoms with E-state index in [1.165, 1.54) is 43.3 Å². The number of ether oxygens (including phenoxy) is 2. The number of esters is 1. The molecule has 2 aromatic carbocycles. The van der Waals surface area contributed by atoms with Gasteiger partial charge in [-0.15, -0.1) is 0 Å². The van der Waals surface area contributed by atoms with E-state index in [0.717, 1.165) is 5.69 Å². The molecule has 0 spiro atoms. The van der Waals surface area contributed by atoms with Crippen LogP contribution in [-0.2, 0) is 4.74 Å². The van der Waals surface area contributed by atoms with Crippen molar-refractivity contribution in [3.8, 4) is 17.2 Å². The van der Waals surface area contributed by atoms with E-state index < -0.39 is 18.7 Å². The van der Waals surface area contributed by atoms with Gasteiger partial charge in [-0.25, -0.2) is 4.79 Å². The Morgan fingerprint density at radius 3 is 2.19 bits per heavy atom. The molecule has 0 radical (unpaired) electrons. The fourth-order valence-corrected chi connectivity index (χ4v) is 3.28. The van der Waals surface area contributed by atoms with Gasteiger partial charge in [-0.2, -0.15) is 8.78 Å². The summed E-state index contributed by atoms with van der Waals surface area (Å²) >= 11 is 0. The van der Waals surface area contributed by atoms with Crippen LogP contribution in [0.3, 0.4) is 0 Å². The number of aromatic hydroxyl groups is 1. The van der Waals surface area contributed by atoms with Gasteiger partial charge in [0, 0.05) is 22.6 Å². The van der Waals surface area contributed by atoms with E-state index in [-0.39, 0.29) is 22.8 Å². The number of nitrogens with zero attached hydrogens (tertiary/aromatic N) is 1. The fourth-order valence-electron chi connectivity index (χ4n) is 3.28. The van der Waals surface area contributed by atoms with Crippen LogP contribution in [0, 0.1) is 13.8 Å². The number of carbonyl (C=O) groups excluding carboxylic acids is 2. The largest absolute Gasteiger partial charge is 0.508 e. The van der Waals surface area contributed by atoms with E-state index >= 15 is 0 Å². The molecular weight excluding hydrogens is 408 g/mol. The Bertz CT molecular complexity index is 1090. The first kappa shape index (κ1) is 22.0. The number of phenolic OH excluding ortho intramolecular Hbond substituents is 1. The summed E-state index contributed by atoms with van der Waals surface area (Å²) in [5.74, 6) is -0.998. The minimum Gasteiger partial charge on any atom is -0.508 e. The third-order valence-corrected chi connectivity index (χ3v) is 4.77. The second-order valence-electron chi connectivity index (χ2n) is 6.95. The summed E-state index contributed by atoms with van der Waals surface area (Å²) in [4.78, 5) is 25.2. The number of carbonyl (C=O) groups is 2. The highest BCUT2D eigenvalue weighted by Gasteiger charge is 2.25. The monoisotopic (exact) mass is 429 g/mol. The lowest BCUT2D eigenvalue weighted by Crippen LogP contribution is -2.24. The lowest BCUT2D eigenvalue weighted by molar-refractivity contribution is -0.0498. The van der Waals surface area contributed by atoms with Gasteiger partial charge in [0.25, 0.3) is 0 Å². The number of aryl methyl sites for hydroxylation is 1. The van der Waals surface area contributed by atoms with E-state index in [0.29, 0.717) is 16.9 Å². The zero-order chi connectivity index (χ0) is 22.7. The summed E-state index contributed by atoms with van der Waals surface area (Å²) in [5.41, 5.74) is 2.65. The van der Waals surface area contributed by atoms with Crippen LogP contribution in [0.25, 0.3) is 5.69 Å². The molecule has 1 N–H and O–H groups in total. The zero-order valence-electron chi connectivity index (χ0n) is 17.1. The average Bonchev–Trinajstić information content (AvgIpc) is 3.02. The molecule has 0 saturated carbocycles. The maximum Gasteiger partial charge on any atom is 0.387 e. The summed E-state index contributed by atoms with van der Waals surface area (Å²) in [7, 11) is 0. The molecule has 162 valence electrons. The van der Waals surface area contributed by atoms with Gasteiger partial charge in [0.15, 0.2) is 6.10 Å². The van der Waals surface area contributed by atoms with Crippen LogP contribution in [0.5, 0.6) is 11.5 Å². The summed E-state index contributed by atoms with van der Waals surface area (Å²) in [6.45, 7) is 2.14. The van der Waals surface area contributed by atoms with Crippen molar-refractivity contribution in [2.75, 3.05) is 0 Å². The average molecular weight is 429 g/mol. The second kappa shape index (κ2) is 8.99. The zero-order valence-corrected chi connectivity index (χ0v) is 17.1. The minimum atomic E-state index is -2.91. The summed E-state index contributed by atoms with van der Waals surface area (Å²) < 4.78 is 36.1. The molecule has 0 aliphatic rings. The summed E-state index contributed by atoms with van der Waals surface area (Å²) in [5, 5.41) is 9.31. The van der Waals surface area contributed by atoms with Crippen LogP contribution in [0.2, 0.25) is 0 Å². The number of hydrogen-bond donors (Lipinski definition) is 1. The van der Waals surface area contributed by atoms with Crippen LogP contribution >= 0.6 is 0 Å². The molecule has 0 amide bonds. The normalized spacial score (nSPS) is 11.9. The van der Waals surface area contributed by atoms with Gasteiger partial charge in [-0.05, 0) is 75.4 Å². The minimum absolute atomic E-state index is 0.0157. The first-order valence-electron chi connectivity index (χ1n) is 9.45. The number of halogens is 2. The molecule has 1 aromatic heterocycles. The van der Waals surface area contributed by atoms with Gasteiger partial charge in [0.1, 0.15) is 11.5 Å². The molecule has 3 aromatic rings. The first-order valence-corrected chi connectivity index (χ1v) is 9.45. The van der Waals surface area contributed by atoms with E-state index in [1.54, 1.807) is 36.6 Å². The van der Waals surface area contributed by atoms with Crippen molar-refractivity contribution in [3.05, 3.63) is 77.1 Å². The molecule has 6 nitrogen and oxygen atoms in total. The Hall–Kier alpha value is -3.68. The van der Waals surface area contributed by atoms with Gasteiger partial charge in [0.2, 0.25) is 5.78 Å². The lowest BCUT2D eigenvalue weighted by Gasteiger charge is -2.14. The van der Waals surface area contributed by atoms with E-state index in [4.69, 9.17) is 4.74 Å². The highest BCUT2D eigenvalue weighted by Crippen LogP contribution is 2.25. The topological polar surface area (TPSA) is 77.8 Å². The Labute approximate surface area is 177 Å². The molecule has 0 saturated heterocycles. The maximum atomic E-state index is 12.9. The number of benzene rings is 2. The van der Waals surface area contributed by atoms with Crippen LogP contribution in [0.15, 0.2) is 54.6 Å². The standard InChI is InChI=1S/C23H21F2NO5/c1-13-12-20(14(2)26(13)17-6-10-19(11-7-17)31-23(24)25)21(28)15(3)30-22(29)16-4-8-18(27)9-5-16/h4-12,15,23,27H,1-3H3. The van der Waals surface area contributed by atoms with E-state index in [9.17, 15) is 23.5 Å². The van der Waals surface area contributed by atoms with E-state index in [1.807, 2.05) is 0 Å². The van der Waals surface area contributed by atoms with Gasteiger partial charge < -0.3 is 19.1 Å². The molecule has 0 aliphatic heterocycles. The van der Waals surface area contributed by atoms with Crippen molar-refractivity contribution >= 4 is 11.8 Å². The third-order valence-electron chi connectivity index (χ3n) is 4.77. The van der Waals surface area contributed by atoms with Crippen molar-refractivity contribution in [2.45, 2.75) is 33.5 Å². The Morgan fingerprint density at radius 1 is 1.00 bits per heavy atom.